The Morgan fingerprint density at radius 2 is 1.93 bits per heavy atom. The van der Waals surface area contributed by atoms with Gasteiger partial charge in [0.15, 0.2) is 0 Å². The van der Waals surface area contributed by atoms with Crippen molar-refractivity contribution in [2.45, 2.75) is 44.2 Å². The number of unbranched alkanes of at least 4 members (excludes halogenated alkanes) is 1. The van der Waals surface area contributed by atoms with E-state index in [-0.39, 0.29) is 29.7 Å². The van der Waals surface area contributed by atoms with Crippen LogP contribution in [0.15, 0.2) is 52.9 Å². The number of likely N-dealkylation sites (N-methyl/N-ethyl adjacent to an activating group) is 1. The molecule has 2 N–H and O–H groups in total. The Bertz CT molecular complexity index is 1410. The third kappa shape index (κ3) is 7.61. The van der Waals surface area contributed by atoms with Gasteiger partial charge in [0.25, 0.3) is 5.56 Å². The van der Waals surface area contributed by atoms with Crippen molar-refractivity contribution in [1.29, 1.82) is 0 Å². The van der Waals surface area contributed by atoms with E-state index in [9.17, 15) is 23.9 Å². The highest BCUT2D eigenvalue weighted by Crippen LogP contribution is 2.31. The summed E-state index contributed by atoms with van der Waals surface area (Å²) < 4.78 is 15.2. The molecule has 1 fully saturated rings. The molecule has 4 rings (SSSR count). The van der Waals surface area contributed by atoms with Crippen molar-refractivity contribution in [3.63, 3.8) is 0 Å². The zero-order valence-electron chi connectivity index (χ0n) is 22.9. The fourth-order valence-corrected chi connectivity index (χ4v) is 5.71. The normalized spacial score (nSPS) is 15.3. The number of rotatable bonds is 11. The fraction of sp³-hybridized carbons (Fsp3) is 0.448. The Hall–Kier alpha value is -3.41. The molecular formula is C29H36FN5O4S. The molecule has 3 heterocycles. The lowest BCUT2D eigenvalue weighted by Gasteiger charge is -2.38. The van der Waals surface area contributed by atoms with Crippen LogP contribution in [0, 0.1) is 5.82 Å². The molecule has 11 heteroatoms. The van der Waals surface area contributed by atoms with Gasteiger partial charge in [0.05, 0.1) is 24.0 Å². The van der Waals surface area contributed by atoms with E-state index in [1.165, 1.54) is 40.4 Å². The molecule has 1 aliphatic rings. The van der Waals surface area contributed by atoms with Gasteiger partial charge in [0.1, 0.15) is 10.5 Å². The molecule has 214 valence electrons. The van der Waals surface area contributed by atoms with Gasteiger partial charge in [-0.15, -0.1) is 11.3 Å². The van der Waals surface area contributed by atoms with E-state index in [1.54, 1.807) is 23.1 Å². The van der Waals surface area contributed by atoms with Gasteiger partial charge in [-0.25, -0.2) is 9.37 Å². The summed E-state index contributed by atoms with van der Waals surface area (Å²) in [5, 5.41) is 15.9. The Morgan fingerprint density at radius 3 is 2.62 bits per heavy atom. The smallest absolute Gasteiger partial charge is 0.271 e. The summed E-state index contributed by atoms with van der Waals surface area (Å²) in [7, 11) is 3.86. The van der Waals surface area contributed by atoms with Crippen LogP contribution in [0.3, 0.4) is 0 Å². The number of nitrogens with one attached hydrogen (secondary N) is 1. The number of fused-ring (bicyclic) bond motifs is 1. The van der Waals surface area contributed by atoms with E-state index < -0.39 is 5.60 Å². The number of nitrogens with zero attached hydrogens (tertiary/aromatic N) is 4. The maximum Gasteiger partial charge on any atom is 0.271 e. The standard InChI is InChI=1S/C29H36FN5O4S/c1-33(2)15-5-6-24(36)31-14-4-3-7-25(37)34-16-12-29(39,13-17-34)19-35-20-32-26-23(18-40-27(26)28(35)38)21-8-10-22(30)11-9-21/h5-6,8-11,18,20,39H,3-4,7,12-17,19H2,1-2H3,(H,31,36). The quantitative estimate of drug-likeness (QED) is 0.272. The lowest BCUT2D eigenvalue weighted by Crippen LogP contribution is -2.49. The molecule has 9 nitrogen and oxygen atoms in total. The summed E-state index contributed by atoms with van der Waals surface area (Å²) in [5.41, 5.74) is 0.776. The molecule has 2 aromatic heterocycles. The lowest BCUT2D eigenvalue weighted by atomic mass is 9.91. The molecule has 40 heavy (non-hydrogen) atoms. The molecule has 2 amide bonds. The molecule has 0 bridgehead atoms. The second-order valence-corrected chi connectivity index (χ2v) is 11.4. The van der Waals surface area contributed by atoms with E-state index in [2.05, 4.69) is 10.3 Å². The number of aliphatic hydroxyl groups is 1. The number of piperidine rings is 1. The summed E-state index contributed by atoms with van der Waals surface area (Å²) >= 11 is 1.28. The molecule has 0 saturated carbocycles. The number of hydrogen-bond donors (Lipinski definition) is 2. The second-order valence-electron chi connectivity index (χ2n) is 10.5. The molecule has 0 unspecified atom stereocenters. The molecule has 0 radical (unpaired) electrons. The zero-order chi connectivity index (χ0) is 28.7. The number of likely N-dealkylation sites (tertiary alicyclic amines) is 1. The Morgan fingerprint density at radius 1 is 1.20 bits per heavy atom. The van der Waals surface area contributed by atoms with Gasteiger partial charge in [-0.3, -0.25) is 19.0 Å². The van der Waals surface area contributed by atoms with Crippen LogP contribution in [0.5, 0.6) is 0 Å². The molecule has 1 aliphatic heterocycles. The Kier molecular flexibility index (Phi) is 9.83. The summed E-state index contributed by atoms with van der Waals surface area (Å²) in [6.07, 6.45) is 7.28. The van der Waals surface area contributed by atoms with Crippen molar-refractivity contribution in [2.75, 3.05) is 40.3 Å². The maximum absolute atomic E-state index is 13.3. The first-order chi connectivity index (χ1) is 19.1. The first kappa shape index (κ1) is 29.6. The van der Waals surface area contributed by atoms with E-state index in [0.29, 0.717) is 68.5 Å². The molecule has 0 atom stereocenters. The highest BCUT2D eigenvalue weighted by atomic mass is 32.1. The number of carbonyl (C=O) groups excluding carboxylic acids is 2. The summed E-state index contributed by atoms with van der Waals surface area (Å²) in [6.45, 7) is 2.15. The first-order valence-corrected chi connectivity index (χ1v) is 14.3. The molecule has 1 saturated heterocycles. The van der Waals surface area contributed by atoms with Crippen LogP contribution >= 0.6 is 11.3 Å². The van der Waals surface area contributed by atoms with Crippen LogP contribution in [0.2, 0.25) is 0 Å². The van der Waals surface area contributed by atoms with Gasteiger partial charge in [0, 0.05) is 49.6 Å². The minimum atomic E-state index is -1.11. The van der Waals surface area contributed by atoms with Gasteiger partial charge in [-0.1, -0.05) is 18.2 Å². The van der Waals surface area contributed by atoms with E-state index in [0.717, 1.165) is 11.1 Å². The maximum atomic E-state index is 13.3. The number of hydrogen-bond acceptors (Lipinski definition) is 7. The van der Waals surface area contributed by atoms with Crippen LogP contribution in [0.1, 0.15) is 32.1 Å². The predicted molar refractivity (Wildman–Crippen MR) is 155 cm³/mol. The van der Waals surface area contributed by atoms with Gasteiger partial charge >= 0.3 is 0 Å². The largest absolute Gasteiger partial charge is 0.388 e. The topological polar surface area (TPSA) is 108 Å². The molecule has 3 aromatic rings. The monoisotopic (exact) mass is 569 g/mol. The summed E-state index contributed by atoms with van der Waals surface area (Å²) in [4.78, 5) is 45.8. The Labute approximate surface area is 236 Å². The highest BCUT2D eigenvalue weighted by molar-refractivity contribution is 7.17. The van der Waals surface area contributed by atoms with Crippen molar-refractivity contribution >= 4 is 33.4 Å². The zero-order valence-corrected chi connectivity index (χ0v) is 23.8. The van der Waals surface area contributed by atoms with Crippen molar-refractivity contribution in [1.82, 2.24) is 24.7 Å². The third-order valence-electron chi connectivity index (χ3n) is 7.07. The third-order valence-corrected chi connectivity index (χ3v) is 8.03. The van der Waals surface area contributed by atoms with Crippen molar-refractivity contribution in [3.8, 4) is 11.1 Å². The number of amides is 2. The summed E-state index contributed by atoms with van der Waals surface area (Å²) in [5.74, 6) is -0.430. The average molecular weight is 570 g/mol. The van der Waals surface area contributed by atoms with Gasteiger partial charge in [0.2, 0.25) is 11.8 Å². The minimum absolute atomic E-state index is 0.0337. The van der Waals surface area contributed by atoms with Crippen LogP contribution in [0.25, 0.3) is 21.3 Å². The number of aromatic nitrogens is 2. The van der Waals surface area contributed by atoms with Gasteiger partial charge < -0.3 is 20.2 Å². The predicted octanol–water partition coefficient (Wildman–Crippen LogP) is 3.02. The molecule has 0 spiro atoms. The molecular weight excluding hydrogens is 533 g/mol. The number of carbonyl (C=O) groups is 2. The van der Waals surface area contributed by atoms with Crippen molar-refractivity contribution in [2.24, 2.45) is 0 Å². The molecule has 0 aliphatic carbocycles. The second kappa shape index (κ2) is 13.3. The van der Waals surface area contributed by atoms with Crippen LogP contribution in [-0.2, 0) is 16.1 Å². The number of thiophene rings is 1. The van der Waals surface area contributed by atoms with E-state index in [1.807, 2.05) is 24.4 Å². The Balaban J connectivity index is 1.25. The number of benzene rings is 1. The first-order valence-electron chi connectivity index (χ1n) is 13.5. The summed E-state index contributed by atoms with van der Waals surface area (Å²) in [6, 6.07) is 6.07. The van der Waals surface area contributed by atoms with Crippen molar-refractivity contribution in [3.05, 3.63) is 64.3 Å². The van der Waals surface area contributed by atoms with Gasteiger partial charge in [-0.05, 0) is 57.5 Å². The average Bonchev–Trinajstić information content (AvgIpc) is 3.35. The highest BCUT2D eigenvalue weighted by Gasteiger charge is 2.34. The van der Waals surface area contributed by atoms with E-state index >= 15 is 0 Å². The fourth-order valence-electron chi connectivity index (χ4n) is 4.74. The molecule has 1 aromatic carbocycles. The number of halogens is 1. The SMILES string of the molecule is CN(C)CC=CC(=O)NCCCCC(=O)N1CCC(O)(Cn2cnc3c(-c4ccc(F)cc4)csc3c2=O)CC1. The van der Waals surface area contributed by atoms with Crippen LogP contribution in [0.4, 0.5) is 4.39 Å². The minimum Gasteiger partial charge on any atom is -0.388 e. The van der Waals surface area contributed by atoms with Crippen LogP contribution < -0.4 is 10.9 Å². The van der Waals surface area contributed by atoms with Gasteiger partial charge in [-0.2, -0.15) is 0 Å². The van der Waals surface area contributed by atoms with E-state index in [4.69, 9.17) is 0 Å². The van der Waals surface area contributed by atoms with Crippen LogP contribution in [-0.4, -0.2) is 82.1 Å². The lowest BCUT2D eigenvalue weighted by molar-refractivity contribution is -0.136. The van der Waals surface area contributed by atoms with Crippen molar-refractivity contribution < 1.29 is 19.1 Å².